The highest BCUT2D eigenvalue weighted by Crippen LogP contribution is 2.52. The summed E-state index contributed by atoms with van der Waals surface area (Å²) in [7, 11) is 7.47. The third-order valence-corrected chi connectivity index (χ3v) is 8.92. The number of hydrogen-bond acceptors (Lipinski definition) is 11. The topological polar surface area (TPSA) is 183 Å². The van der Waals surface area contributed by atoms with E-state index in [1.54, 1.807) is 18.2 Å². The molecule has 12 heteroatoms. The highest BCUT2D eigenvalue weighted by atomic mass is 16.5. The lowest BCUT2D eigenvalue weighted by Gasteiger charge is -2.52. The Morgan fingerprint density at radius 1 is 1.00 bits per heavy atom. The predicted octanol–water partition coefficient (Wildman–Crippen LogP) is 0.560. The summed E-state index contributed by atoms with van der Waals surface area (Å²) < 4.78 is 16.4. The number of primary amides is 1. The number of phenolic OH excluding ortho intramolecular Hbond substituents is 1. The number of methoxy groups -OCH3 is 3. The van der Waals surface area contributed by atoms with Gasteiger partial charge in [-0.25, -0.2) is 0 Å². The van der Waals surface area contributed by atoms with Gasteiger partial charge in [0, 0.05) is 5.92 Å². The Hall–Kier alpha value is -4.29. The fraction of sp³-hybridized carbons (Fsp3) is 0.433. The number of hydrogen-bond donors (Lipinski definition) is 3. The van der Waals surface area contributed by atoms with Crippen molar-refractivity contribution < 1.29 is 48.4 Å². The Morgan fingerprint density at radius 2 is 1.62 bits per heavy atom. The van der Waals surface area contributed by atoms with Gasteiger partial charge in [-0.05, 0) is 67.7 Å². The first kappa shape index (κ1) is 29.2. The van der Waals surface area contributed by atoms with Crippen LogP contribution in [0.2, 0.25) is 0 Å². The van der Waals surface area contributed by atoms with Gasteiger partial charge in [-0.1, -0.05) is 6.07 Å². The molecule has 0 radical (unpaired) electrons. The molecule has 1 amide bonds. The van der Waals surface area contributed by atoms with E-state index in [4.69, 9.17) is 19.9 Å². The van der Waals surface area contributed by atoms with Crippen molar-refractivity contribution >= 4 is 29.0 Å². The number of amides is 1. The van der Waals surface area contributed by atoms with Gasteiger partial charge in [0.25, 0.3) is 0 Å². The minimum atomic E-state index is -2.78. The summed E-state index contributed by atoms with van der Waals surface area (Å²) in [5.74, 6) is -9.92. The van der Waals surface area contributed by atoms with Gasteiger partial charge in [0.1, 0.15) is 5.75 Å². The second kappa shape index (κ2) is 10.2. The molecule has 0 saturated heterocycles. The van der Waals surface area contributed by atoms with Crippen molar-refractivity contribution in [3.63, 3.8) is 0 Å². The summed E-state index contributed by atoms with van der Waals surface area (Å²) in [4.78, 5) is 68.3. The van der Waals surface area contributed by atoms with Crippen LogP contribution in [0.1, 0.15) is 22.3 Å². The summed E-state index contributed by atoms with van der Waals surface area (Å²) in [6.45, 7) is 0. The summed E-state index contributed by atoms with van der Waals surface area (Å²) in [5, 5.41) is 22.5. The Bertz CT molecular complexity index is 1520. The number of nitrogens with zero attached hydrogens (tertiary/aromatic N) is 1. The number of likely N-dealkylation sites (N-methyl/N-ethyl adjacent to an activating group) is 1. The SMILES string of the molecule is COc1cc(-c2ccc(O)c3c2C[C@@H]2C[C@@H]4[C@@H](N(C)C)C(=O)C(C(N)=O)C(=O)[C@]4(O)C(=O)C2C3=O)cc(OC)c1OC. The van der Waals surface area contributed by atoms with Crippen molar-refractivity contribution in [1.29, 1.82) is 0 Å². The van der Waals surface area contributed by atoms with E-state index in [-0.39, 0.29) is 24.2 Å². The summed E-state index contributed by atoms with van der Waals surface area (Å²) >= 11 is 0. The van der Waals surface area contributed by atoms with Crippen molar-refractivity contribution in [2.24, 2.45) is 29.4 Å². The molecular weight excluding hydrogens is 548 g/mol. The maximum Gasteiger partial charge on any atom is 0.235 e. The zero-order valence-corrected chi connectivity index (χ0v) is 23.8. The third-order valence-electron chi connectivity index (χ3n) is 8.92. The van der Waals surface area contributed by atoms with Gasteiger partial charge in [-0.15, -0.1) is 0 Å². The molecule has 5 rings (SSSR count). The predicted molar refractivity (Wildman–Crippen MR) is 146 cm³/mol. The lowest BCUT2D eigenvalue weighted by Crippen LogP contribution is -2.74. The highest BCUT2D eigenvalue weighted by molar-refractivity contribution is 6.32. The molecule has 3 aliphatic carbocycles. The quantitative estimate of drug-likeness (QED) is 0.406. The van der Waals surface area contributed by atoms with E-state index in [1.165, 1.54) is 46.4 Å². The number of rotatable bonds is 6. The zero-order valence-electron chi connectivity index (χ0n) is 23.8. The monoisotopic (exact) mass is 580 g/mol. The summed E-state index contributed by atoms with van der Waals surface area (Å²) in [6, 6.07) is 5.18. The number of fused-ring (bicyclic) bond motifs is 3. The van der Waals surface area contributed by atoms with E-state index in [1.807, 2.05) is 0 Å². The Morgan fingerprint density at radius 3 is 2.14 bits per heavy atom. The Labute approximate surface area is 241 Å². The molecule has 0 aromatic heterocycles. The molecule has 4 N–H and O–H groups in total. The number of benzene rings is 2. The number of aliphatic hydroxyl groups is 1. The fourth-order valence-electron chi connectivity index (χ4n) is 7.11. The molecule has 12 nitrogen and oxygen atoms in total. The fourth-order valence-corrected chi connectivity index (χ4v) is 7.11. The lowest BCUT2D eigenvalue weighted by atomic mass is 9.52. The van der Waals surface area contributed by atoms with Crippen LogP contribution in [0.5, 0.6) is 23.0 Å². The zero-order chi connectivity index (χ0) is 30.8. The van der Waals surface area contributed by atoms with Gasteiger partial charge in [-0.3, -0.25) is 28.9 Å². The van der Waals surface area contributed by atoms with Crippen LogP contribution in [-0.2, 0) is 25.6 Å². The molecule has 0 heterocycles. The number of ketones is 4. The second-order valence-electron chi connectivity index (χ2n) is 11.2. The van der Waals surface area contributed by atoms with Crippen molar-refractivity contribution in [3.8, 4) is 34.1 Å². The van der Waals surface area contributed by atoms with Crippen LogP contribution < -0.4 is 19.9 Å². The molecule has 2 unspecified atom stereocenters. The number of carbonyl (C=O) groups is 5. The van der Waals surface area contributed by atoms with Crippen molar-refractivity contribution in [2.45, 2.75) is 24.5 Å². The normalized spacial score (nSPS) is 28.6. The van der Waals surface area contributed by atoms with E-state index < -0.39 is 64.4 Å². The Kier molecular flexibility index (Phi) is 7.10. The van der Waals surface area contributed by atoms with Crippen LogP contribution >= 0.6 is 0 Å². The van der Waals surface area contributed by atoms with Gasteiger partial charge < -0.3 is 30.2 Å². The average molecular weight is 581 g/mol. The van der Waals surface area contributed by atoms with E-state index in [9.17, 15) is 34.2 Å². The number of nitrogens with two attached hydrogens (primary N) is 1. The van der Waals surface area contributed by atoms with E-state index >= 15 is 0 Å². The van der Waals surface area contributed by atoms with Crippen LogP contribution in [0, 0.1) is 23.7 Å². The summed E-state index contributed by atoms with van der Waals surface area (Å²) in [5.41, 5.74) is 4.09. The van der Waals surface area contributed by atoms with Crippen LogP contribution in [-0.4, -0.2) is 91.2 Å². The smallest absolute Gasteiger partial charge is 0.235 e. The molecule has 3 aliphatic rings. The van der Waals surface area contributed by atoms with Crippen LogP contribution in [0.4, 0.5) is 0 Å². The number of Topliss-reactive ketones (excluding diaryl/α,β-unsaturated/α-hetero) is 4. The Balaban J connectivity index is 1.67. The molecule has 0 aliphatic heterocycles. The molecular formula is C30H32N2O10. The molecule has 0 spiro atoms. The standard InChI is InChI=1S/C30H32N2O10/c1-32(2)23-16-9-13-8-15-14(12-10-18(40-3)26(42-5)19(11-12)41-4)6-7-17(33)21(15)24(34)20(13)27(36)30(16,39)28(37)22(25(23)35)29(31)38/h6-7,10-11,13,16,20,22-23,33,39H,8-9H2,1-5H3,(H2,31,38)/t13-,16-,20?,22?,23-,30-/m1/s1. The largest absolute Gasteiger partial charge is 0.507 e. The molecule has 2 fully saturated rings. The molecule has 0 bridgehead atoms. The van der Waals surface area contributed by atoms with Crippen molar-refractivity contribution in [3.05, 3.63) is 35.4 Å². The summed E-state index contributed by atoms with van der Waals surface area (Å²) in [6.07, 6.45) is 0.0699. The maximum atomic E-state index is 14.0. The first-order valence-corrected chi connectivity index (χ1v) is 13.3. The first-order chi connectivity index (χ1) is 19.8. The highest BCUT2D eigenvalue weighted by Gasteiger charge is 2.69. The van der Waals surface area contributed by atoms with Crippen molar-refractivity contribution in [2.75, 3.05) is 35.4 Å². The van der Waals surface area contributed by atoms with Gasteiger partial charge in [0.2, 0.25) is 11.7 Å². The van der Waals surface area contributed by atoms with Crippen molar-refractivity contribution in [1.82, 2.24) is 4.90 Å². The van der Waals surface area contributed by atoms with Gasteiger partial charge in [0.15, 0.2) is 46.2 Å². The average Bonchev–Trinajstić information content (AvgIpc) is 2.93. The van der Waals surface area contributed by atoms with Gasteiger partial charge in [-0.2, -0.15) is 0 Å². The molecule has 42 heavy (non-hydrogen) atoms. The van der Waals surface area contributed by atoms with E-state index in [0.29, 0.717) is 33.9 Å². The van der Waals surface area contributed by atoms with E-state index in [0.717, 1.165) is 0 Å². The maximum absolute atomic E-state index is 14.0. The second-order valence-corrected chi connectivity index (χ2v) is 11.2. The number of phenols is 1. The molecule has 6 atom stereocenters. The van der Waals surface area contributed by atoms with Gasteiger partial charge >= 0.3 is 0 Å². The molecule has 222 valence electrons. The van der Waals surface area contributed by atoms with Crippen LogP contribution in [0.15, 0.2) is 24.3 Å². The molecule has 2 aromatic carbocycles. The number of ether oxygens (including phenoxy) is 3. The minimum absolute atomic E-state index is 0.0474. The van der Waals surface area contributed by atoms with Gasteiger partial charge in [0.05, 0.1) is 38.9 Å². The van der Waals surface area contributed by atoms with E-state index in [2.05, 4.69) is 0 Å². The third kappa shape index (κ3) is 3.92. The molecule has 2 saturated carbocycles. The first-order valence-electron chi connectivity index (χ1n) is 13.3. The molecule has 2 aromatic rings. The lowest BCUT2D eigenvalue weighted by molar-refractivity contribution is -0.181. The minimum Gasteiger partial charge on any atom is -0.507 e. The number of carbonyl (C=O) groups excluding carboxylic acids is 5. The van der Waals surface area contributed by atoms with Crippen LogP contribution in [0.25, 0.3) is 11.1 Å². The van der Waals surface area contributed by atoms with Crippen LogP contribution in [0.3, 0.4) is 0 Å². The number of aromatic hydroxyl groups is 1.